The van der Waals surface area contributed by atoms with Gasteiger partial charge in [-0.15, -0.1) is 0 Å². The molecule has 0 amide bonds. The van der Waals surface area contributed by atoms with E-state index < -0.39 is 11.5 Å². The first-order valence-electron chi connectivity index (χ1n) is 11.6. The van der Waals surface area contributed by atoms with Gasteiger partial charge in [0.1, 0.15) is 0 Å². The molecule has 9 atom stereocenters. The Balaban J connectivity index is 1.69. The maximum absolute atomic E-state index is 11.6. The van der Waals surface area contributed by atoms with Crippen molar-refractivity contribution in [1.29, 1.82) is 0 Å². The first-order chi connectivity index (χ1) is 15.4. The number of hydrogen-bond donors (Lipinski definition) is 2. The fraction of sp³-hybridized carbons (Fsp3) is 0.750. The fourth-order valence-electron chi connectivity index (χ4n) is 8.88. The number of likely N-dealkylation sites (tertiary alicyclic amines) is 1. The predicted molar refractivity (Wildman–Crippen MR) is 120 cm³/mol. The number of nitrogens with zero attached hydrogens (tertiary/aromatic N) is 1. The lowest BCUT2D eigenvalue weighted by molar-refractivity contribution is -0.235. The molecule has 2 aliphatic heterocycles. The predicted octanol–water partition coefficient (Wildman–Crippen LogP) is 2.48. The first kappa shape index (κ1) is 21.6. The van der Waals surface area contributed by atoms with Gasteiger partial charge in [0.2, 0.25) is 0 Å². The molecule has 176 valence electrons. The number of rotatable bonds is 5. The van der Waals surface area contributed by atoms with Gasteiger partial charge < -0.3 is 29.2 Å². The molecule has 8 heteroatoms. The number of aromatic hydroxyl groups is 1. The van der Waals surface area contributed by atoms with E-state index in [2.05, 4.69) is 27.8 Å². The Labute approximate surface area is 197 Å². The second kappa shape index (κ2) is 7.06. The lowest BCUT2D eigenvalue weighted by atomic mass is 9.45. The molecule has 5 bridgehead atoms. The van der Waals surface area contributed by atoms with Crippen molar-refractivity contribution in [2.45, 2.75) is 49.5 Å². The number of hydrogen-bond acceptors (Lipinski definition) is 7. The summed E-state index contributed by atoms with van der Waals surface area (Å²) in [6.07, 6.45) is -0.0503. The van der Waals surface area contributed by atoms with Crippen molar-refractivity contribution in [3.05, 3.63) is 21.7 Å². The van der Waals surface area contributed by atoms with Gasteiger partial charge >= 0.3 is 0 Å². The topological polar surface area (TPSA) is 80.6 Å². The smallest absolute Gasteiger partial charge is 0.172 e. The Bertz CT molecular complexity index is 959. The summed E-state index contributed by atoms with van der Waals surface area (Å²) in [5.74, 6) is 0.883. The second-order valence-electron chi connectivity index (χ2n) is 10.2. The lowest BCUT2D eigenvalue weighted by Gasteiger charge is -2.65. The number of phenolic OH excluding ortho intramolecular Hbond substituents is 1. The summed E-state index contributed by atoms with van der Waals surface area (Å²) in [5, 5.41) is 22.5. The number of halogens is 1. The molecule has 5 aliphatic rings. The lowest BCUT2D eigenvalue weighted by Crippen LogP contribution is -2.73. The SMILES string of the molecule is CCN1C[C@]2(COC)[C@H](O)CC3OC[C@@H]4c5c(cc(OC)c(O)c5Br)[C@H]5[C@H](OC)[C@H]2[C@@]34[C@@H]51. The van der Waals surface area contributed by atoms with Crippen LogP contribution in [0.25, 0.3) is 0 Å². The number of piperidine rings is 1. The van der Waals surface area contributed by atoms with E-state index in [1.165, 1.54) is 5.56 Å². The minimum atomic E-state index is -0.525. The summed E-state index contributed by atoms with van der Waals surface area (Å²) in [5.41, 5.74) is 1.66. The van der Waals surface area contributed by atoms with Crippen LogP contribution in [0.2, 0.25) is 0 Å². The van der Waals surface area contributed by atoms with Crippen LogP contribution in [-0.2, 0) is 14.2 Å². The molecule has 2 saturated carbocycles. The Morgan fingerprint density at radius 3 is 2.75 bits per heavy atom. The van der Waals surface area contributed by atoms with E-state index in [9.17, 15) is 10.2 Å². The van der Waals surface area contributed by atoms with Gasteiger partial charge in [-0.05, 0) is 39.7 Å². The number of methoxy groups -OCH3 is 3. The van der Waals surface area contributed by atoms with E-state index in [1.807, 2.05) is 6.07 Å². The molecule has 2 N–H and O–H groups in total. The van der Waals surface area contributed by atoms with E-state index >= 15 is 0 Å². The molecule has 2 heterocycles. The van der Waals surface area contributed by atoms with Crippen molar-refractivity contribution in [2.75, 3.05) is 47.6 Å². The zero-order chi connectivity index (χ0) is 22.6. The molecule has 2 saturated heterocycles. The number of phenols is 1. The van der Waals surface area contributed by atoms with E-state index in [4.69, 9.17) is 18.9 Å². The van der Waals surface area contributed by atoms with Crippen molar-refractivity contribution in [1.82, 2.24) is 4.90 Å². The summed E-state index contributed by atoms with van der Waals surface area (Å²) in [6.45, 7) is 4.94. The maximum Gasteiger partial charge on any atom is 0.172 e. The maximum atomic E-state index is 11.6. The molecule has 7 nitrogen and oxygen atoms in total. The van der Waals surface area contributed by atoms with Crippen LogP contribution < -0.4 is 4.74 Å². The van der Waals surface area contributed by atoms with E-state index in [0.717, 1.165) is 18.7 Å². The van der Waals surface area contributed by atoms with Gasteiger partial charge in [0, 0.05) is 61.8 Å². The average Bonchev–Trinajstić information content (AvgIpc) is 3.22. The highest BCUT2D eigenvalue weighted by atomic mass is 79.9. The van der Waals surface area contributed by atoms with Gasteiger partial charge in [0.15, 0.2) is 11.5 Å². The Hall–Kier alpha value is -0.900. The number of aliphatic hydroxyl groups excluding tert-OH is 1. The summed E-state index contributed by atoms with van der Waals surface area (Å²) in [7, 11) is 5.11. The van der Waals surface area contributed by atoms with Crippen molar-refractivity contribution in [3.8, 4) is 11.5 Å². The molecule has 4 fully saturated rings. The molecule has 1 aromatic carbocycles. The second-order valence-corrected chi connectivity index (χ2v) is 11.0. The average molecular weight is 510 g/mol. The van der Waals surface area contributed by atoms with Crippen LogP contribution in [0.4, 0.5) is 0 Å². The van der Waals surface area contributed by atoms with E-state index in [0.29, 0.717) is 29.9 Å². The molecule has 0 radical (unpaired) electrons. The van der Waals surface area contributed by atoms with Gasteiger partial charge in [-0.1, -0.05) is 6.92 Å². The highest BCUT2D eigenvalue weighted by molar-refractivity contribution is 9.10. The number of benzene rings is 1. The monoisotopic (exact) mass is 509 g/mol. The summed E-state index contributed by atoms with van der Waals surface area (Å²) in [6, 6.07) is 2.25. The Morgan fingerprint density at radius 1 is 1.31 bits per heavy atom. The highest BCUT2D eigenvalue weighted by Crippen LogP contribution is 2.78. The molecule has 3 aliphatic carbocycles. The van der Waals surface area contributed by atoms with Crippen molar-refractivity contribution < 1.29 is 29.2 Å². The normalized spacial score (nSPS) is 45.8. The van der Waals surface area contributed by atoms with Crippen LogP contribution >= 0.6 is 15.9 Å². The van der Waals surface area contributed by atoms with Gasteiger partial charge in [-0.25, -0.2) is 0 Å². The molecule has 0 aromatic heterocycles. The van der Waals surface area contributed by atoms with Crippen molar-refractivity contribution >= 4 is 15.9 Å². The third-order valence-corrected chi connectivity index (χ3v) is 10.4. The van der Waals surface area contributed by atoms with Crippen molar-refractivity contribution in [2.24, 2.45) is 16.7 Å². The summed E-state index contributed by atoms with van der Waals surface area (Å²) < 4.78 is 24.9. The van der Waals surface area contributed by atoms with Gasteiger partial charge in [0.05, 0.1) is 43.1 Å². The Morgan fingerprint density at radius 2 is 2.09 bits per heavy atom. The summed E-state index contributed by atoms with van der Waals surface area (Å²) in [4.78, 5) is 2.55. The number of aliphatic hydroxyl groups is 1. The van der Waals surface area contributed by atoms with Crippen LogP contribution in [0.15, 0.2) is 10.5 Å². The van der Waals surface area contributed by atoms with Crippen LogP contribution in [0.5, 0.6) is 11.5 Å². The van der Waals surface area contributed by atoms with Crippen LogP contribution in [0.1, 0.15) is 36.3 Å². The van der Waals surface area contributed by atoms with E-state index in [-0.39, 0.29) is 47.2 Å². The van der Waals surface area contributed by atoms with Crippen LogP contribution in [0.3, 0.4) is 0 Å². The molecule has 1 unspecified atom stereocenters. The standard InChI is InChI=1S/C24H32BrNO6/c1-5-26-9-23(10-29-2)14(27)7-15-24-12(8-32-15)16-11(6-13(30-3)19(28)18(16)25)17(22(24)26)20(31-4)21(23)24/h6,12,14-15,17,20-22,27-28H,5,7-10H2,1-4H3/t12-,14-,15?,17+,20+,21-,22-,23+,24+/m1/s1. The Kier molecular flexibility index (Phi) is 4.77. The molecule has 32 heavy (non-hydrogen) atoms. The molecular weight excluding hydrogens is 478 g/mol. The van der Waals surface area contributed by atoms with Crippen molar-refractivity contribution in [3.63, 3.8) is 0 Å². The zero-order valence-electron chi connectivity index (χ0n) is 19.0. The summed E-state index contributed by atoms with van der Waals surface area (Å²) >= 11 is 3.72. The highest BCUT2D eigenvalue weighted by Gasteiger charge is 2.82. The largest absolute Gasteiger partial charge is 0.503 e. The van der Waals surface area contributed by atoms with Gasteiger partial charge in [-0.2, -0.15) is 0 Å². The number of likely N-dealkylation sites (N-methyl/N-ethyl adjacent to an activating group) is 1. The minimum absolute atomic E-state index is 0.0521. The zero-order valence-corrected chi connectivity index (χ0v) is 20.6. The fourth-order valence-corrected chi connectivity index (χ4v) is 9.58. The third kappa shape index (κ3) is 2.16. The third-order valence-electron chi connectivity index (χ3n) is 9.60. The minimum Gasteiger partial charge on any atom is -0.503 e. The molecule has 1 spiro atoms. The molecule has 6 rings (SSSR count). The van der Waals surface area contributed by atoms with Crippen LogP contribution in [-0.4, -0.2) is 87.1 Å². The van der Waals surface area contributed by atoms with Crippen LogP contribution in [0, 0.1) is 16.7 Å². The van der Waals surface area contributed by atoms with E-state index in [1.54, 1.807) is 21.3 Å². The first-order valence-corrected chi connectivity index (χ1v) is 12.4. The molecule has 1 aromatic rings. The number of fused-ring (bicyclic) bond motifs is 3. The quantitative estimate of drug-likeness (QED) is 0.630. The van der Waals surface area contributed by atoms with Gasteiger partial charge in [0.25, 0.3) is 0 Å². The molecular formula is C24H32BrNO6. The number of ether oxygens (including phenoxy) is 4. The van der Waals surface area contributed by atoms with Gasteiger partial charge in [-0.3, -0.25) is 4.90 Å².